The Morgan fingerprint density at radius 1 is 1.50 bits per heavy atom. The largest absolute Gasteiger partial charge is 0.396 e. The minimum Gasteiger partial charge on any atom is -0.396 e. The zero-order valence-electron chi connectivity index (χ0n) is 8.61. The van der Waals surface area contributed by atoms with Crippen LogP contribution in [0.5, 0.6) is 0 Å². The van der Waals surface area contributed by atoms with Crippen LogP contribution in [0.3, 0.4) is 0 Å². The van der Waals surface area contributed by atoms with Crippen molar-refractivity contribution < 1.29 is 18.8 Å². The summed E-state index contributed by atoms with van der Waals surface area (Å²) >= 11 is 0. The lowest BCUT2D eigenvalue weighted by Crippen LogP contribution is -2.17. The van der Waals surface area contributed by atoms with Crippen LogP contribution in [0.1, 0.15) is 17.5 Å². The molecule has 1 aromatic rings. The molecule has 0 heterocycles. The van der Waals surface area contributed by atoms with Gasteiger partial charge in [0.15, 0.2) is 0 Å². The van der Waals surface area contributed by atoms with Gasteiger partial charge < -0.3 is 5.11 Å². The molecule has 0 atom stereocenters. The summed E-state index contributed by atoms with van der Waals surface area (Å²) in [5.41, 5.74) is -0.756. The molecule has 0 unspecified atom stereocenters. The van der Waals surface area contributed by atoms with Gasteiger partial charge in [-0.1, -0.05) is 11.6 Å². The van der Waals surface area contributed by atoms with E-state index in [4.69, 9.17) is 5.11 Å². The number of benzene rings is 1. The maximum atomic E-state index is 13.5. The molecule has 0 aliphatic rings. The smallest absolute Gasteiger partial charge is 0.282 e. The van der Waals surface area contributed by atoms with E-state index in [9.17, 15) is 18.9 Å². The van der Waals surface area contributed by atoms with Crippen molar-refractivity contribution in [2.45, 2.75) is 19.3 Å². The van der Waals surface area contributed by atoms with Gasteiger partial charge in [-0.25, -0.2) is 8.78 Å². The van der Waals surface area contributed by atoms with Gasteiger partial charge in [0.25, 0.3) is 11.6 Å². The first-order chi connectivity index (χ1) is 7.38. The molecule has 88 valence electrons. The highest BCUT2D eigenvalue weighted by Crippen LogP contribution is 2.37. The van der Waals surface area contributed by atoms with Gasteiger partial charge >= 0.3 is 0 Å². The van der Waals surface area contributed by atoms with Gasteiger partial charge in [0.2, 0.25) is 0 Å². The first-order valence-electron chi connectivity index (χ1n) is 4.62. The van der Waals surface area contributed by atoms with E-state index in [2.05, 4.69) is 0 Å². The zero-order valence-corrected chi connectivity index (χ0v) is 8.61. The Kier molecular flexibility index (Phi) is 3.54. The maximum Gasteiger partial charge on any atom is 0.282 e. The highest BCUT2D eigenvalue weighted by molar-refractivity contribution is 5.45. The lowest BCUT2D eigenvalue weighted by atomic mass is 10.0. The van der Waals surface area contributed by atoms with Crippen LogP contribution in [0.25, 0.3) is 0 Å². The van der Waals surface area contributed by atoms with E-state index >= 15 is 0 Å². The monoisotopic (exact) mass is 231 g/mol. The van der Waals surface area contributed by atoms with E-state index in [1.165, 1.54) is 6.07 Å². The number of nitrogens with zero attached hydrogens (tertiary/aromatic N) is 1. The van der Waals surface area contributed by atoms with E-state index < -0.39 is 35.1 Å². The molecular weight excluding hydrogens is 220 g/mol. The SMILES string of the molecule is Cc1ccc([N+](=O)[O-])c(C(F)(F)CCO)c1. The van der Waals surface area contributed by atoms with E-state index in [0.717, 1.165) is 12.1 Å². The number of aryl methyl sites for hydroxylation is 1. The van der Waals surface area contributed by atoms with Crippen LogP contribution in [0.2, 0.25) is 0 Å². The second-order valence-electron chi connectivity index (χ2n) is 3.46. The first kappa shape index (κ1) is 12.5. The Morgan fingerprint density at radius 3 is 2.62 bits per heavy atom. The Balaban J connectivity index is 3.29. The van der Waals surface area contributed by atoms with Gasteiger partial charge in [0.05, 0.1) is 10.5 Å². The molecule has 0 saturated heterocycles. The molecule has 4 nitrogen and oxygen atoms in total. The van der Waals surface area contributed by atoms with Crippen molar-refractivity contribution in [3.63, 3.8) is 0 Å². The van der Waals surface area contributed by atoms with Crippen molar-refractivity contribution in [3.8, 4) is 0 Å². The first-order valence-corrected chi connectivity index (χ1v) is 4.62. The standard InChI is InChI=1S/C10H11F2NO3/c1-7-2-3-9(13(15)16)8(6-7)10(11,12)4-5-14/h2-3,6,14H,4-5H2,1H3. The van der Waals surface area contributed by atoms with Gasteiger partial charge in [-0.3, -0.25) is 10.1 Å². The second-order valence-corrected chi connectivity index (χ2v) is 3.46. The molecule has 0 amide bonds. The molecule has 1 aromatic carbocycles. The van der Waals surface area contributed by atoms with Crippen molar-refractivity contribution in [3.05, 3.63) is 39.4 Å². The van der Waals surface area contributed by atoms with Crippen molar-refractivity contribution in [2.75, 3.05) is 6.61 Å². The number of nitro groups is 1. The third kappa shape index (κ3) is 2.52. The summed E-state index contributed by atoms with van der Waals surface area (Å²) in [6.07, 6.45) is -0.822. The fourth-order valence-electron chi connectivity index (χ4n) is 1.38. The minimum atomic E-state index is -3.39. The summed E-state index contributed by atoms with van der Waals surface area (Å²) in [5.74, 6) is -3.39. The fourth-order valence-corrected chi connectivity index (χ4v) is 1.38. The Hall–Kier alpha value is -1.56. The average molecular weight is 231 g/mol. The zero-order chi connectivity index (χ0) is 12.3. The number of rotatable bonds is 4. The third-order valence-corrected chi connectivity index (χ3v) is 2.17. The van der Waals surface area contributed by atoms with Crippen LogP contribution in [-0.2, 0) is 5.92 Å². The molecule has 1 rings (SSSR count). The number of alkyl halides is 2. The molecule has 0 aromatic heterocycles. The van der Waals surface area contributed by atoms with Crippen LogP contribution in [-0.4, -0.2) is 16.6 Å². The number of aliphatic hydroxyl groups excluding tert-OH is 1. The van der Waals surface area contributed by atoms with Gasteiger partial charge in [0.1, 0.15) is 0 Å². The highest BCUT2D eigenvalue weighted by atomic mass is 19.3. The summed E-state index contributed by atoms with van der Waals surface area (Å²) in [6, 6.07) is 3.53. The molecule has 6 heteroatoms. The normalized spacial score (nSPS) is 11.5. The molecule has 0 aliphatic heterocycles. The van der Waals surface area contributed by atoms with Crippen LogP contribution in [0, 0.1) is 17.0 Å². The van der Waals surface area contributed by atoms with Gasteiger partial charge in [-0.05, 0) is 13.0 Å². The average Bonchev–Trinajstić information content (AvgIpc) is 2.17. The number of hydrogen-bond donors (Lipinski definition) is 1. The third-order valence-electron chi connectivity index (χ3n) is 2.17. The lowest BCUT2D eigenvalue weighted by Gasteiger charge is -2.15. The highest BCUT2D eigenvalue weighted by Gasteiger charge is 2.37. The molecule has 0 bridgehead atoms. The minimum absolute atomic E-state index is 0.512. The van der Waals surface area contributed by atoms with Crippen LogP contribution in [0.4, 0.5) is 14.5 Å². The van der Waals surface area contributed by atoms with Crippen molar-refractivity contribution >= 4 is 5.69 Å². The molecule has 16 heavy (non-hydrogen) atoms. The molecule has 1 N–H and O–H groups in total. The predicted molar refractivity (Wildman–Crippen MR) is 53.4 cm³/mol. The van der Waals surface area contributed by atoms with E-state index in [0.29, 0.717) is 5.56 Å². The van der Waals surface area contributed by atoms with Gasteiger partial charge in [0, 0.05) is 19.1 Å². The predicted octanol–water partition coefficient (Wildman–Crippen LogP) is 2.38. The molecule has 0 aliphatic carbocycles. The quantitative estimate of drug-likeness (QED) is 0.639. The second kappa shape index (κ2) is 4.52. The summed E-state index contributed by atoms with van der Waals surface area (Å²) in [4.78, 5) is 9.75. The Labute approximate surface area is 90.7 Å². The van der Waals surface area contributed by atoms with Crippen molar-refractivity contribution in [1.29, 1.82) is 0 Å². The summed E-state index contributed by atoms with van der Waals surface area (Å²) in [5, 5.41) is 19.1. The number of hydrogen-bond acceptors (Lipinski definition) is 3. The summed E-state index contributed by atoms with van der Waals surface area (Å²) in [6.45, 7) is 0.848. The molecule has 0 spiro atoms. The number of halogens is 2. The Bertz CT molecular complexity index is 407. The molecule has 0 saturated carbocycles. The van der Waals surface area contributed by atoms with Crippen LogP contribution >= 0.6 is 0 Å². The number of nitro benzene ring substituents is 1. The molecular formula is C10H11F2NO3. The summed E-state index contributed by atoms with van der Waals surface area (Å²) in [7, 11) is 0. The topological polar surface area (TPSA) is 63.4 Å². The van der Waals surface area contributed by atoms with E-state index in [-0.39, 0.29) is 0 Å². The Morgan fingerprint density at radius 2 is 2.12 bits per heavy atom. The van der Waals surface area contributed by atoms with Crippen molar-refractivity contribution in [1.82, 2.24) is 0 Å². The molecule has 0 radical (unpaired) electrons. The van der Waals surface area contributed by atoms with Gasteiger partial charge in [-0.2, -0.15) is 0 Å². The van der Waals surface area contributed by atoms with Gasteiger partial charge in [-0.15, -0.1) is 0 Å². The van der Waals surface area contributed by atoms with E-state index in [1.807, 2.05) is 0 Å². The lowest BCUT2D eigenvalue weighted by molar-refractivity contribution is -0.387. The molecule has 0 fully saturated rings. The van der Waals surface area contributed by atoms with E-state index in [1.54, 1.807) is 6.92 Å². The van der Waals surface area contributed by atoms with Crippen LogP contribution in [0.15, 0.2) is 18.2 Å². The number of aliphatic hydroxyl groups is 1. The fraction of sp³-hybridized carbons (Fsp3) is 0.400. The van der Waals surface area contributed by atoms with Crippen LogP contribution < -0.4 is 0 Å². The summed E-state index contributed by atoms with van der Waals surface area (Å²) < 4.78 is 27.0. The van der Waals surface area contributed by atoms with Crippen molar-refractivity contribution in [2.24, 2.45) is 0 Å². The maximum absolute atomic E-state index is 13.5.